The second-order valence-electron chi connectivity index (χ2n) is 8.28. The number of carbonyl (C=O) groups is 1. The van der Waals surface area contributed by atoms with Crippen LogP contribution in [0, 0.1) is 5.41 Å². The van der Waals surface area contributed by atoms with E-state index in [0.29, 0.717) is 18.9 Å². The molecule has 1 saturated heterocycles. The van der Waals surface area contributed by atoms with E-state index >= 15 is 0 Å². The maximum Gasteiger partial charge on any atom is 0.432 e. The average Bonchev–Trinajstić information content (AvgIpc) is 3.02. The van der Waals surface area contributed by atoms with Gasteiger partial charge in [-0.15, -0.1) is 0 Å². The summed E-state index contributed by atoms with van der Waals surface area (Å²) in [6.45, 7) is 0.266. The fraction of sp³-hybridized carbons (Fsp3) is 0.524. The number of hydrogen-bond donors (Lipinski definition) is 3. The lowest BCUT2D eigenvalue weighted by atomic mass is 9.69. The summed E-state index contributed by atoms with van der Waals surface area (Å²) in [7, 11) is 5.55. The lowest BCUT2D eigenvalue weighted by Gasteiger charge is -2.48. The number of hydrogen-bond acceptors (Lipinski definition) is 4. The molecule has 1 aliphatic carbocycles. The van der Waals surface area contributed by atoms with Crippen LogP contribution in [0.5, 0.6) is 0 Å². The van der Waals surface area contributed by atoms with Gasteiger partial charge in [-0.2, -0.15) is 13.2 Å². The van der Waals surface area contributed by atoms with E-state index in [2.05, 4.69) is 41.8 Å². The van der Waals surface area contributed by atoms with E-state index in [-0.39, 0.29) is 17.9 Å². The Balaban J connectivity index is 1.80. The van der Waals surface area contributed by atoms with Crippen LogP contribution in [0.2, 0.25) is 0 Å². The zero-order valence-corrected chi connectivity index (χ0v) is 17.4. The first-order chi connectivity index (χ1) is 14.0. The third-order valence-electron chi connectivity index (χ3n) is 6.41. The van der Waals surface area contributed by atoms with Gasteiger partial charge in [-0.1, -0.05) is 30.3 Å². The van der Waals surface area contributed by atoms with Crippen LogP contribution in [0.25, 0.3) is 0 Å². The molecule has 9 heteroatoms. The van der Waals surface area contributed by atoms with Gasteiger partial charge in [0.2, 0.25) is 0 Å². The third kappa shape index (κ3) is 4.03. The molecule has 1 saturated carbocycles. The predicted molar refractivity (Wildman–Crippen MR) is 109 cm³/mol. The molecule has 1 aliphatic heterocycles. The van der Waals surface area contributed by atoms with Crippen molar-refractivity contribution in [2.45, 2.75) is 42.9 Å². The summed E-state index contributed by atoms with van der Waals surface area (Å²) in [5.74, 6) is -0.0285. The highest BCUT2D eigenvalue weighted by Gasteiger charge is 2.50. The molecule has 6 nitrogen and oxygen atoms in total. The summed E-state index contributed by atoms with van der Waals surface area (Å²) in [5.41, 5.74) is -0.924. The zero-order valence-electron chi connectivity index (χ0n) is 17.4. The lowest BCUT2D eigenvalue weighted by molar-refractivity contribution is -0.0585. The molecule has 1 spiro atoms. The molecule has 3 N–H and O–H groups in total. The van der Waals surface area contributed by atoms with Gasteiger partial charge in [0.1, 0.15) is 11.5 Å². The first kappa shape index (κ1) is 22.1. The van der Waals surface area contributed by atoms with Gasteiger partial charge in [0, 0.05) is 18.7 Å². The topological polar surface area (TPSA) is 71.5 Å². The number of carbonyl (C=O) groups excluding carboxylic acids is 1. The number of nitrogens with zero attached hydrogens (tertiary/aromatic N) is 2. The molecule has 1 aromatic carbocycles. The number of rotatable bonds is 5. The molecule has 1 heterocycles. The van der Waals surface area contributed by atoms with Gasteiger partial charge >= 0.3 is 12.2 Å². The van der Waals surface area contributed by atoms with Gasteiger partial charge in [0.05, 0.1) is 12.1 Å². The Hall–Kier alpha value is -2.55. The minimum absolute atomic E-state index is 0.0285. The van der Waals surface area contributed by atoms with E-state index < -0.39 is 23.5 Å². The maximum absolute atomic E-state index is 12.8. The van der Waals surface area contributed by atoms with Gasteiger partial charge in [-0.3, -0.25) is 15.2 Å². The van der Waals surface area contributed by atoms with Crippen molar-refractivity contribution in [3.8, 4) is 0 Å². The lowest BCUT2D eigenvalue weighted by Crippen LogP contribution is -2.54. The van der Waals surface area contributed by atoms with Crippen LogP contribution in [0.4, 0.5) is 18.0 Å². The number of allylic oxidation sites excluding steroid dienone is 1. The van der Waals surface area contributed by atoms with E-state index in [1.807, 2.05) is 18.2 Å². The van der Waals surface area contributed by atoms with Crippen molar-refractivity contribution in [3.05, 3.63) is 47.8 Å². The minimum atomic E-state index is -4.76. The molecule has 0 radical (unpaired) electrons. The van der Waals surface area contributed by atoms with Crippen LogP contribution in [0.3, 0.4) is 0 Å². The Morgan fingerprint density at radius 3 is 2.30 bits per heavy atom. The quantitative estimate of drug-likeness (QED) is 0.636. The molecular formula is C21H28F3N5O. The smallest absolute Gasteiger partial charge is 0.374 e. The first-order valence-electron chi connectivity index (χ1n) is 9.91. The van der Waals surface area contributed by atoms with Crippen LogP contribution in [0.1, 0.15) is 31.2 Å². The summed E-state index contributed by atoms with van der Waals surface area (Å²) < 4.78 is 38.3. The number of urea groups is 1. The predicted octanol–water partition coefficient (Wildman–Crippen LogP) is 3.42. The number of alkyl halides is 3. The third-order valence-corrected chi connectivity index (χ3v) is 6.41. The SMILES string of the molecule is CN/C(=C\C(=N)C(F)(F)F)N1C[C@]2(CC[C@](c3ccccc3)(N(C)C)CC2)NC1=O. The van der Waals surface area contributed by atoms with Crippen molar-refractivity contribution in [1.82, 2.24) is 20.4 Å². The summed E-state index contributed by atoms with van der Waals surface area (Å²) >= 11 is 0. The molecule has 2 amide bonds. The van der Waals surface area contributed by atoms with Crippen LogP contribution < -0.4 is 10.6 Å². The zero-order chi connectivity index (χ0) is 22.2. The Labute approximate surface area is 174 Å². The number of nitrogens with one attached hydrogen (secondary N) is 3. The summed E-state index contributed by atoms with van der Waals surface area (Å²) in [6, 6.07) is 9.80. The van der Waals surface area contributed by atoms with Crippen molar-refractivity contribution < 1.29 is 18.0 Å². The number of benzene rings is 1. The van der Waals surface area contributed by atoms with E-state index in [4.69, 9.17) is 5.41 Å². The van der Waals surface area contributed by atoms with Crippen molar-refractivity contribution >= 4 is 11.7 Å². The fourth-order valence-corrected chi connectivity index (χ4v) is 4.57. The fourth-order valence-electron chi connectivity index (χ4n) is 4.57. The molecular weight excluding hydrogens is 395 g/mol. The van der Waals surface area contributed by atoms with E-state index in [1.165, 1.54) is 17.5 Å². The molecule has 3 rings (SSSR count). The molecule has 2 aliphatic rings. The largest absolute Gasteiger partial charge is 0.432 e. The van der Waals surface area contributed by atoms with Crippen molar-refractivity contribution in [2.75, 3.05) is 27.7 Å². The van der Waals surface area contributed by atoms with Crippen LogP contribution >= 0.6 is 0 Å². The molecule has 0 unspecified atom stereocenters. The van der Waals surface area contributed by atoms with E-state index in [0.717, 1.165) is 12.8 Å². The molecule has 0 atom stereocenters. The first-order valence-corrected chi connectivity index (χ1v) is 9.91. The second kappa shape index (κ2) is 7.94. The van der Waals surface area contributed by atoms with Crippen molar-refractivity contribution in [3.63, 3.8) is 0 Å². The van der Waals surface area contributed by atoms with Crippen LogP contribution in [0.15, 0.2) is 42.2 Å². The second-order valence-corrected chi connectivity index (χ2v) is 8.28. The van der Waals surface area contributed by atoms with E-state index in [9.17, 15) is 18.0 Å². The van der Waals surface area contributed by atoms with Crippen molar-refractivity contribution in [1.29, 1.82) is 5.41 Å². The highest BCUT2D eigenvalue weighted by Crippen LogP contribution is 2.46. The highest BCUT2D eigenvalue weighted by atomic mass is 19.4. The van der Waals surface area contributed by atoms with Gasteiger partial charge in [0.15, 0.2) is 0 Å². The Morgan fingerprint density at radius 1 is 1.20 bits per heavy atom. The minimum Gasteiger partial charge on any atom is -0.374 e. The molecule has 1 aromatic rings. The van der Waals surface area contributed by atoms with Crippen LogP contribution in [-0.2, 0) is 5.54 Å². The molecule has 164 valence electrons. The monoisotopic (exact) mass is 423 g/mol. The molecule has 0 bridgehead atoms. The summed E-state index contributed by atoms with van der Waals surface area (Å²) in [4.78, 5) is 16.1. The summed E-state index contributed by atoms with van der Waals surface area (Å²) in [6.07, 6.45) is -1.06. The number of amides is 2. The average molecular weight is 423 g/mol. The molecule has 2 fully saturated rings. The Bertz CT molecular complexity index is 827. The Morgan fingerprint density at radius 2 is 1.80 bits per heavy atom. The molecule has 30 heavy (non-hydrogen) atoms. The van der Waals surface area contributed by atoms with Gasteiger partial charge < -0.3 is 10.6 Å². The molecule has 0 aromatic heterocycles. The standard InChI is InChI=1S/C21H28F3N5O/c1-26-17(13-16(25)21(22,23)24)29-14-19(27-18(29)30)9-11-20(12-10-19,28(2)3)15-7-5-4-6-8-15/h4-8,13,25-26H,9-12,14H2,1-3H3,(H,27,30)/b17-13+,25-16?/t19-,20+. The van der Waals surface area contributed by atoms with Gasteiger partial charge in [-0.05, 0) is 45.3 Å². The summed E-state index contributed by atoms with van der Waals surface area (Å²) in [5, 5.41) is 12.9. The van der Waals surface area contributed by atoms with Crippen LogP contribution in [-0.4, -0.2) is 60.9 Å². The van der Waals surface area contributed by atoms with E-state index in [1.54, 1.807) is 0 Å². The van der Waals surface area contributed by atoms with Crippen molar-refractivity contribution in [2.24, 2.45) is 0 Å². The Kier molecular flexibility index (Phi) is 5.86. The normalized spacial score (nSPS) is 27.5. The maximum atomic E-state index is 12.8. The number of halogens is 3. The van der Waals surface area contributed by atoms with Gasteiger partial charge in [-0.25, -0.2) is 4.79 Å². The van der Waals surface area contributed by atoms with Gasteiger partial charge in [0.25, 0.3) is 0 Å². The highest BCUT2D eigenvalue weighted by molar-refractivity contribution is 5.97.